The number of rotatable bonds is 3. The highest BCUT2D eigenvalue weighted by atomic mass is 19.1. The Morgan fingerprint density at radius 1 is 1.21 bits per heavy atom. The number of pyridine rings is 1. The minimum atomic E-state index is -1.35. The number of ketones is 1. The second-order valence-corrected chi connectivity index (χ2v) is 3.97. The van der Waals surface area contributed by atoms with Gasteiger partial charge in [-0.05, 0) is 12.1 Å². The van der Waals surface area contributed by atoms with Crippen molar-refractivity contribution in [1.82, 2.24) is 4.98 Å². The highest BCUT2D eigenvalue weighted by molar-refractivity contribution is 6.15. The predicted octanol–water partition coefficient (Wildman–Crippen LogP) is 2.83. The number of halogens is 2. The summed E-state index contributed by atoms with van der Waals surface area (Å²) < 4.78 is 26.7. The van der Waals surface area contributed by atoms with Crippen LogP contribution in [-0.4, -0.2) is 21.8 Å². The van der Waals surface area contributed by atoms with Crippen molar-refractivity contribution < 1.29 is 23.5 Å². The Hall–Kier alpha value is -2.37. The van der Waals surface area contributed by atoms with Crippen molar-refractivity contribution >= 4 is 11.8 Å². The fourth-order valence-corrected chi connectivity index (χ4v) is 1.77. The minimum Gasteiger partial charge on any atom is -0.478 e. The number of hydrogen-bond acceptors (Lipinski definition) is 3. The van der Waals surface area contributed by atoms with Crippen molar-refractivity contribution in [3.8, 4) is 0 Å². The third kappa shape index (κ3) is 2.57. The van der Waals surface area contributed by atoms with E-state index < -0.39 is 29.0 Å². The summed E-state index contributed by atoms with van der Waals surface area (Å²) in [5.74, 6) is -3.54. The Bertz CT molecular complexity index is 620. The summed E-state index contributed by atoms with van der Waals surface area (Å²) in [5.41, 5.74) is -0.983. The number of hydrogen-bond donors (Lipinski definition) is 1. The summed E-state index contributed by atoms with van der Waals surface area (Å²) >= 11 is 0. The summed E-state index contributed by atoms with van der Waals surface area (Å²) in [6.07, 6.45) is 2.74. The number of carboxylic acids is 1. The number of Topliss-reactive ketones (excluding diaryl/α,β-unsaturated/α-hetero) is 1. The van der Waals surface area contributed by atoms with Crippen LogP contribution in [0.4, 0.5) is 8.78 Å². The molecular weight excluding hydrogens is 256 g/mol. The molecule has 0 aromatic carbocycles. The summed E-state index contributed by atoms with van der Waals surface area (Å²) in [6.45, 7) is 0. The molecule has 1 aliphatic rings. The molecule has 6 heteroatoms. The average molecular weight is 265 g/mol. The van der Waals surface area contributed by atoms with Gasteiger partial charge in [0.1, 0.15) is 11.7 Å². The van der Waals surface area contributed by atoms with Gasteiger partial charge in [0.25, 0.3) is 0 Å². The van der Waals surface area contributed by atoms with Crippen LogP contribution in [0, 0.1) is 0 Å². The first-order valence-electron chi connectivity index (χ1n) is 5.47. The number of nitrogens with zero attached hydrogens (tertiary/aromatic N) is 1. The van der Waals surface area contributed by atoms with Crippen molar-refractivity contribution in [3.05, 3.63) is 52.9 Å². The monoisotopic (exact) mass is 265 g/mol. The summed E-state index contributed by atoms with van der Waals surface area (Å²) in [6, 6.07) is 1.17. The second-order valence-electron chi connectivity index (χ2n) is 3.97. The Morgan fingerprint density at radius 3 is 2.63 bits per heavy atom. The highest BCUT2D eigenvalue weighted by Crippen LogP contribution is 2.28. The van der Waals surface area contributed by atoms with Crippen LogP contribution >= 0.6 is 0 Å². The number of allylic oxidation sites excluding steroid dienone is 4. The molecule has 1 aromatic rings. The summed E-state index contributed by atoms with van der Waals surface area (Å²) in [5, 5.41) is 8.94. The quantitative estimate of drug-likeness (QED) is 0.853. The molecule has 0 unspecified atom stereocenters. The Balaban J connectivity index is 2.49. The van der Waals surface area contributed by atoms with Crippen LogP contribution in [-0.2, 0) is 0 Å². The first kappa shape index (κ1) is 13.1. The number of aromatic nitrogens is 1. The standard InChI is InChI=1S/C13H9F2NO3/c14-7-1-2-11(15)9(5-7)12(17)8-3-4-16-6-10(8)13(18)19/h3-6H,1-2H2,(H,18,19). The third-order valence-corrected chi connectivity index (χ3v) is 2.72. The molecule has 2 rings (SSSR count). The van der Waals surface area contributed by atoms with Crippen molar-refractivity contribution in [2.75, 3.05) is 0 Å². The molecule has 0 radical (unpaired) electrons. The number of aromatic carboxylic acids is 1. The van der Waals surface area contributed by atoms with E-state index >= 15 is 0 Å². The van der Waals surface area contributed by atoms with Gasteiger partial charge in [-0.1, -0.05) is 0 Å². The molecule has 0 amide bonds. The van der Waals surface area contributed by atoms with Gasteiger partial charge in [0.2, 0.25) is 0 Å². The fourth-order valence-electron chi connectivity index (χ4n) is 1.77. The molecule has 0 saturated carbocycles. The van der Waals surface area contributed by atoms with Gasteiger partial charge in [-0.3, -0.25) is 9.78 Å². The zero-order valence-electron chi connectivity index (χ0n) is 9.69. The summed E-state index contributed by atoms with van der Waals surface area (Å²) in [7, 11) is 0. The molecule has 0 fully saturated rings. The van der Waals surface area contributed by atoms with Crippen molar-refractivity contribution in [2.24, 2.45) is 0 Å². The van der Waals surface area contributed by atoms with Gasteiger partial charge in [0.15, 0.2) is 5.78 Å². The van der Waals surface area contributed by atoms with E-state index in [1.807, 2.05) is 0 Å². The molecular formula is C13H9F2NO3. The van der Waals surface area contributed by atoms with E-state index in [1.165, 1.54) is 12.3 Å². The van der Waals surface area contributed by atoms with Crippen molar-refractivity contribution in [1.29, 1.82) is 0 Å². The van der Waals surface area contributed by atoms with E-state index in [2.05, 4.69) is 4.98 Å². The molecule has 0 saturated heterocycles. The molecule has 0 bridgehead atoms. The van der Waals surface area contributed by atoms with E-state index in [1.54, 1.807) is 0 Å². The topological polar surface area (TPSA) is 67.3 Å². The number of carboxylic acid groups (broad SMARTS) is 1. The first-order chi connectivity index (χ1) is 9.00. The molecule has 1 heterocycles. The van der Waals surface area contributed by atoms with Crippen LogP contribution < -0.4 is 0 Å². The smallest absolute Gasteiger partial charge is 0.338 e. The normalized spacial score (nSPS) is 15.2. The van der Waals surface area contributed by atoms with Crippen LogP contribution in [0.5, 0.6) is 0 Å². The molecule has 19 heavy (non-hydrogen) atoms. The van der Waals surface area contributed by atoms with Crippen molar-refractivity contribution in [3.63, 3.8) is 0 Å². The average Bonchev–Trinajstić information content (AvgIpc) is 2.40. The Kier molecular flexibility index (Phi) is 3.50. The maximum absolute atomic E-state index is 13.6. The highest BCUT2D eigenvalue weighted by Gasteiger charge is 2.24. The van der Waals surface area contributed by atoms with Crippen LogP contribution in [0.1, 0.15) is 33.6 Å². The van der Waals surface area contributed by atoms with E-state index in [-0.39, 0.29) is 24.0 Å². The van der Waals surface area contributed by atoms with Crippen LogP contribution in [0.2, 0.25) is 0 Å². The third-order valence-electron chi connectivity index (χ3n) is 2.72. The number of carbonyl (C=O) groups is 2. The van der Waals surface area contributed by atoms with E-state index in [9.17, 15) is 18.4 Å². The van der Waals surface area contributed by atoms with Gasteiger partial charge in [0, 0.05) is 30.8 Å². The molecule has 1 N–H and O–H groups in total. The number of carbonyl (C=O) groups excluding carboxylic acids is 1. The lowest BCUT2D eigenvalue weighted by Gasteiger charge is -2.11. The molecule has 1 aliphatic carbocycles. The maximum atomic E-state index is 13.6. The van der Waals surface area contributed by atoms with Crippen LogP contribution in [0.25, 0.3) is 0 Å². The Morgan fingerprint density at radius 2 is 1.95 bits per heavy atom. The lowest BCUT2D eigenvalue weighted by molar-refractivity contribution is 0.0692. The molecule has 0 atom stereocenters. The molecule has 0 spiro atoms. The summed E-state index contributed by atoms with van der Waals surface area (Å²) in [4.78, 5) is 26.6. The van der Waals surface area contributed by atoms with E-state index in [0.29, 0.717) is 0 Å². The minimum absolute atomic E-state index is 0.0925. The van der Waals surface area contributed by atoms with E-state index in [0.717, 1.165) is 12.3 Å². The molecule has 0 aliphatic heterocycles. The van der Waals surface area contributed by atoms with Gasteiger partial charge >= 0.3 is 5.97 Å². The Labute approximate surface area is 107 Å². The fraction of sp³-hybridized carbons (Fsp3) is 0.154. The van der Waals surface area contributed by atoms with Crippen molar-refractivity contribution in [2.45, 2.75) is 12.8 Å². The van der Waals surface area contributed by atoms with Gasteiger partial charge < -0.3 is 5.11 Å². The van der Waals surface area contributed by atoms with Crippen LogP contribution in [0.3, 0.4) is 0 Å². The van der Waals surface area contributed by atoms with Gasteiger partial charge in [-0.25, -0.2) is 13.6 Å². The van der Waals surface area contributed by atoms with E-state index in [4.69, 9.17) is 5.11 Å². The second kappa shape index (κ2) is 5.09. The molecule has 98 valence electrons. The van der Waals surface area contributed by atoms with Gasteiger partial charge in [-0.15, -0.1) is 0 Å². The SMILES string of the molecule is O=C(O)c1cnccc1C(=O)C1=C(F)CCC(F)=C1. The van der Waals surface area contributed by atoms with Crippen LogP contribution in [0.15, 0.2) is 41.8 Å². The largest absolute Gasteiger partial charge is 0.478 e. The molecule has 4 nitrogen and oxygen atoms in total. The predicted molar refractivity (Wildman–Crippen MR) is 62.1 cm³/mol. The lowest BCUT2D eigenvalue weighted by atomic mass is 9.95. The lowest BCUT2D eigenvalue weighted by Crippen LogP contribution is -2.12. The first-order valence-corrected chi connectivity index (χ1v) is 5.47. The van der Waals surface area contributed by atoms with Gasteiger partial charge in [0.05, 0.1) is 11.1 Å². The van der Waals surface area contributed by atoms with Gasteiger partial charge in [-0.2, -0.15) is 0 Å². The zero-order valence-corrected chi connectivity index (χ0v) is 9.69. The zero-order chi connectivity index (χ0) is 14.0. The maximum Gasteiger partial charge on any atom is 0.338 e. The molecule has 1 aromatic heterocycles.